The summed E-state index contributed by atoms with van der Waals surface area (Å²) in [6.45, 7) is 4.34. The van der Waals surface area contributed by atoms with E-state index in [9.17, 15) is 14.0 Å². The van der Waals surface area contributed by atoms with E-state index in [1.165, 1.54) is 12.1 Å². The number of rotatable bonds is 4. The van der Waals surface area contributed by atoms with Gasteiger partial charge >= 0.3 is 5.69 Å². The Bertz CT molecular complexity index is 803. The standard InChI is InChI=1S/C19H22FN3O2/c1-12-16(13(2)22-19(25)21-12)9-10-18(24)23-11-3-4-17(23)14-5-7-15(20)8-6-14/h5-8,17H,3-4,9-11H2,1-2H3,(H,21,22,25)/t17-/m1/s1. The van der Waals surface area contributed by atoms with Crippen LogP contribution in [0.2, 0.25) is 0 Å². The van der Waals surface area contributed by atoms with Crippen molar-refractivity contribution in [1.29, 1.82) is 0 Å². The summed E-state index contributed by atoms with van der Waals surface area (Å²) in [5.41, 5.74) is 2.98. The zero-order valence-corrected chi connectivity index (χ0v) is 14.5. The first-order valence-corrected chi connectivity index (χ1v) is 8.57. The van der Waals surface area contributed by atoms with Gasteiger partial charge in [0.1, 0.15) is 5.82 Å². The van der Waals surface area contributed by atoms with Gasteiger partial charge in [-0.2, -0.15) is 4.98 Å². The number of H-pyrrole nitrogens is 1. The maximum Gasteiger partial charge on any atom is 0.345 e. The molecular weight excluding hydrogens is 321 g/mol. The van der Waals surface area contributed by atoms with Gasteiger partial charge in [-0.25, -0.2) is 9.18 Å². The van der Waals surface area contributed by atoms with E-state index in [4.69, 9.17) is 0 Å². The van der Waals surface area contributed by atoms with Crippen LogP contribution < -0.4 is 5.69 Å². The average Bonchev–Trinajstić information content (AvgIpc) is 3.04. The minimum absolute atomic E-state index is 0.0176. The van der Waals surface area contributed by atoms with Gasteiger partial charge in [0.25, 0.3) is 0 Å². The number of benzene rings is 1. The molecule has 6 heteroatoms. The topological polar surface area (TPSA) is 66.1 Å². The number of aromatic amines is 1. The summed E-state index contributed by atoms with van der Waals surface area (Å²) < 4.78 is 13.1. The minimum Gasteiger partial charge on any atom is -0.336 e. The van der Waals surface area contributed by atoms with Crippen molar-refractivity contribution in [3.8, 4) is 0 Å². The van der Waals surface area contributed by atoms with Gasteiger partial charge in [0.15, 0.2) is 0 Å². The van der Waals surface area contributed by atoms with Crippen LogP contribution in [-0.2, 0) is 11.2 Å². The van der Waals surface area contributed by atoms with Crippen LogP contribution in [-0.4, -0.2) is 27.3 Å². The molecule has 0 radical (unpaired) electrons. The van der Waals surface area contributed by atoms with Crippen LogP contribution >= 0.6 is 0 Å². The van der Waals surface area contributed by atoms with Crippen molar-refractivity contribution in [3.63, 3.8) is 0 Å². The van der Waals surface area contributed by atoms with E-state index in [0.29, 0.717) is 18.5 Å². The van der Waals surface area contributed by atoms with E-state index < -0.39 is 0 Å². The molecule has 1 aromatic heterocycles. The van der Waals surface area contributed by atoms with Gasteiger partial charge in [-0.3, -0.25) is 4.79 Å². The van der Waals surface area contributed by atoms with Crippen molar-refractivity contribution in [2.24, 2.45) is 0 Å². The Morgan fingerprint density at radius 1 is 1.32 bits per heavy atom. The molecule has 1 aliphatic rings. The van der Waals surface area contributed by atoms with Crippen LogP contribution in [0, 0.1) is 19.7 Å². The Morgan fingerprint density at radius 3 is 2.72 bits per heavy atom. The summed E-state index contributed by atoms with van der Waals surface area (Å²) in [6, 6.07) is 6.41. The first-order valence-electron chi connectivity index (χ1n) is 8.57. The van der Waals surface area contributed by atoms with Crippen LogP contribution in [0.5, 0.6) is 0 Å². The number of aryl methyl sites for hydroxylation is 2. The molecule has 132 valence electrons. The van der Waals surface area contributed by atoms with Crippen molar-refractivity contribution < 1.29 is 9.18 Å². The molecule has 0 saturated carbocycles. The van der Waals surface area contributed by atoms with Crippen molar-refractivity contribution in [2.75, 3.05) is 6.54 Å². The number of hydrogen-bond donors (Lipinski definition) is 1. The van der Waals surface area contributed by atoms with Crippen LogP contribution in [0.3, 0.4) is 0 Å². The summed E-state index contributed by atoms with van der Waals surface area (Å²) in [7, 11) is 0. The molecule has 1 N–H and O–H groups in total. The van der Waals surface area contributed by atoms with Gasteiger partial charge in [0, 0.05) is 24.4 Å². The Labute approximate surface area is 145 Å². The highest BCUT2D eigenvalue weighted by Gasteiger charge is 2.29. The van der Waals surface area contributed by atoms with Crippen molar-refractivity contribution in [1.82, 2.24) is 14.9 Å². The van der Waals surface area contributed by atoms with Crippen molar-refractivity contribution >= 4 is 5.91 Å². The molecule has 0 unspecified atom stereocenters. The number of likely N-dealkylation sites (tertiary alicyclic amines) is 1. The summed E-state index contributed by atoms with van der Waals surface area (Å²) in [6.07, 6.45) is 2.77. The van der Waals surface area contributed by atoms with Crippen LogP contribution in [0.25, 0.3) is 0 Å². The van der Waals surface area contributed by atoms with Crippen LogP contribution in [0.15, 0.2) is 29.1 Å². The number of hydrogen-bond acceptors (Lipinski definition) is 3. The molecule has 25 heavy (non-hydrogen) atoms. The molecule has 1 aliphatic heterocycles. The maximum atomic E-state index is 13.1. The largest absolute Gasteiger partial charge is 0.345 e. The molecule has 1 saturated heterocycles. The van der Waals surface area contributed by atoms with Gasteiger partial charge in [0.2, 0.25) is 5.91 Å². The SMILES string of the molecule is Cc1nc(=O)[nH]c(C)c1CCC(=O)N1CCC[C@@H]1c1ccc(F)cc1. The Hall–Kier alpha value is -2.50. The normalized spacial score (nSPS) is 17.1. The smallest absolute Gasteiger partial charge is 0.336 e. The lowest BCUT2D eigenvalue weighted by Gasteiger charge is -2.25. The number of carbonyl (C=O) groups is 1. The third kappa shape index (κ3) is 3.78. The van der Waals surface area contributed by atoms with Gasteiger partial charge in [-0.15, -0.1) is 0 Å². The highest BCUT2D eigenvalue weighted by Crippen LogP contribution is 2.32. The second-order valence-electron chi connectivity index (χ2n) is 6.53. The number of carbonyl (C=O) groups excluding carboxylic acids is 1. The first-order chi connectivity index (χ1) is 12.0. The molecule has 1 aromatic carbocycles. The van der Waals surface area contributed by atoms with Gasteiger partial charge < -0.3 is 9.88 Å². The lowest BCUT2D eigenvalue weighted by molar-refractivity contribution is -0.132. The molecule has 5 nitrogen and oxygen atoms in total. The van der Waals surface area contributed by atoms with Gasteiger partial charge in [0.05, 0.1) is 6.04 Å². The Morgan fingerprint density at radius 2 is 2.04 bits per heavy atom. The second kappa shape index (κ2) is 7.17. The molecule has 2 heterocycles. The predicted molar refractivity (Wildman–Crippen MR) is 92.7 cm³/mol. The quantitative estimate of drug-likeness (QED) is 0.928. The van der Waals surface area contributed by atoms with E-state index in [2.05, 4.69) is 9.97 Å². The van der Waals surface area contributed by atoms with E-state index >= 15 is 0 Å². The fourth-order valence-corrected chi connectivity index (χ4v) is 3.60. The van der Waals surface area contributed by atoms with E-state index in [-0.39, 0.29) is 23.5 Å². The maximum absolute atomic E-state index is 13.1. The van der Waals surface area contributed by atoms with E-state index in [0.717, 1.165) is 36.2 Å². The van der Waals surface area contributed by atoms with Crippen LogP contribution in [0.4, 0.5) is 4.39 Å². The van der Waals surface area contributed by atoms with Gasteiger partial charge in [-0.05, 0) is 56.4 Å². The number of halogens is 1. The van der Waals surface area contributed by atoms with Crippen LogP contribution in [0.1, 0.15) is 47.8 Å². The van der Waals surface area contributed by atoms with E-state index in [1.807, 2.05) is 11.8 Å². The van der Waals surface area contributed by atoms with Crippen molar-refractivity contribution in [3.05, 3.63) is 63.1 Å². The fourth-order valence-electron chi connectivity index (χ4n) is 3.60. The molecule has 3 rings (SSSR count). The molecule has 1 fully saturated rings. The number of aromatic nitrogens is 2. The first kappa shape index (κ1) is 17.3. The third-order valence-electron chi connectivity index (χ3n) is 4.87. The lowest BCUT2D eigenvalue weighted by atomic mass is 10.0. The third-order valence-corrected chi connectivity index (χ3v) is 4.87. The molecule has 0 spiro atoms. The second-order valence-corrected chi connectivity index (χ2v) is 6.53. The zero-order valence-electron chi connectivity index (χ0n) is 14.5. The lowest BCUT2D eigenvalue weighted by Crippen LogP contribution is -2.31. The summed E-state index contributed by atoms with van der Waals surface area (Å²) in [5.74, 6) is -0.187. The summed E-state index contributed by atoms with van der Waals surface area (Å²) in [5, 5.41) is 0. The molecule has 1 amide bonds. The zero-order chi connectivity index (χ0) is 18.0. The van der Waals surface area contributed by atoms with E-state index in [1.54, 1.807) is 19.1 Å². The highest BCUT2D eigenvalue weighted by atomic mass is 19.1. The van der Waals surface area contributed by atoms with Crippen molar-refractivity contribution in [2.45, 2.75) is 45.6 Å². The van der Waals surface area contributed by atoms with Gasteiger partial charge in [-0.1, -0.05) is 12.1 Å². The molecule has 0 bridgehead atoms. The molecule has 2 aromatic rings. The minimum atomic E-state index is -0.360. The number of nitrogens with one attached hydrogen (secondary N) is 1. The predicted octanol–water partition coefficient (Wildman–Crippen LogP) is 2.82. The number of amides is 1. The average molecular weight is 343 g/mol. The fraction of sp³-hybridized carbons (Fsp3) is 0.421. The molecule has 0 aliphatic carbocycles. The Kier molecular flexibility index (Phi) is 4.97. The summed E-state index contributed by atoms with van der Waals surface area (Å²) >= 11 is 0. The highest BCUT2D eigenvalue weighted by molar-refractivity contribution is 5.77. The monoisotopic (exact) mass is 343 g/mol. The number of nitrogens with zero attached hydrogens (tertiary/aromatic N) is 2. The Balaban J connectivity index is 1.70. The summed E-state index contributed by atoms with van der Waals surface area (Å²) in [4.78, 5) is 32.6. The molecular formula is C19H22FN3O2. The molecule has 1 atom stereocenters.